The minimum absolute atomic E-state index is 0.0332. The van der Waals surface area contributed by atoms with Crippen molar-refractivity contribution in [3.05, 3.63) is 47.6 Å². The van der Waals surface area contributed by atoms with Crippen LogP contribution in [0, 0.1) is 0 Å². The highest BCUT2D eigenvalue weighted by Crippen LogP contribution is 2.23. The standard InChI is InChI=1S/C18H19N5O3S/c1-22-9-13(8-19-22)17-21-15(11-27-17)16(24)20-14-2-5-23(6-3-14)18(25)12-4-7-26-10-12/h4,7-11,14H,2-3,5-6H2,1H3,(H,20,24). The van der Waals surface area contributed by atoms with Crippen LogP contribution in [0.4, 0.5) is 0 Å². The Morgan fingerprint density at radius 2 is 2.15 bits per heavy atom. The Bertz CT molecular complexity index is 938. The highest BCUT2D eigenvalue weighted by Gasteiger charge is 2.26. The lowest BCUT2D eigenvalue weighted by Gasteiger charge is -2.32. The normalized spacial score (nSPS) is 15.1. The number of hydrogen-bond donors (Lipinski definition) is 1. The van der Waals surface area contributed by atoms with Gasteiger partial charge >= 0.3 is 0 Å². The first-order chi connectivity index (χ1) is 13.1. The molecule has 1 aliphatic heterocycles. The van der Waals surface area contributed by atoms with E-state index in [0.717, 1.165) is 23.4 Å². The Morgan fingerprint density at radius 3 is 2.81 bits per heavy atom. The van der Waals surface area contributed by atoms with Crippen LogP contribution in [-0.2, 0) is 7.05 Å². The summed E-state index contributed by atoms with van der Waals surface area (Å²) in [6, 6.07) is 1.70. The predicted octanol–water partition coefficient (Wildman–Crippen LogP) is 2.17. The van der Waals surface area contributed by atoms with Gasteiger partial charge in [0.05, 0.1) is 18.0 Å². The van der Waals surface area contributed by atoms with E-state index in [0.29, 0.717) is 24.3 Å². The molecule has 140 valence electrons. The second-order valence-corrected chi connectivity index (χ2v) is 7.35. The number of likely N-dealkylation sites (tertiary alicyclic amines) is 1. The number of carbonyl (C=O) groups is 2. The molecule has 1 N–H and O–H groups in total. The van der Waals surface area contributed by atoms with Crippen LogP contribution in [0.2, 0.25) is 0 Å². The lowest BCUT2D eigenvalue weighted by atomic mass is 10.0. The van der Waals surface area contributed by atoms with Gasteiger partial charge in [-0.2, -0.15) is 5.10 Å². The fourth-order valence-corrected chi connectivity index (χ4v) is 3.87. The molecular formula is C18H19N5O3S. The zero-order chi connectivity index (χ0) is 18.8. The molecule has 8 nitrogen and oxygen atoms in total. The molecule has 0 aliphatic carbocycles. The van der Waals surface area contributed by atoms with Gasteiger partial charge in [0.1, 0.15) is 17.0 Å². The zero-order valence-corrected chi connectivity index (χ0v) is 15.6. The van der Waals surface area contributed by atoms with Gasteiger partial charge in [-0.15, -0.1) is 11.3 Å². The number of thiazole rings is 1. The van der Waals surface area contributed by atoms with Crippen LogP contribution in [0.15, 0.2) is 40.8 Å². The van der Waals surface area contributed by atoms with E-state index in [9.17, 15) is 9.59 Å². The van der Waals surface area contributed by atoms with E-state index in [1.54, 1.807) is 27.2 Å². The van der Waals surface area contributed by atoms with Crippen LogP contribution in [-0.4, -0.2) is 50.6 Å². The van der Waals surface area contributed by atoms with Gasteiger partial charge in [0.2, 0.25) is 0 Å². The molecule has 3 aromatic heterocycles. The first-order valence-electron chi connectivity index (χ1n) is 8.67. The SMILES string of the molecule is Cn1cc(-c2nc(C(=O)NC3CCN(C(=O)c4ccoc4)CC3)cs2)cn1. The van der Waals surface area contributed by atoms with Crippen LogP contribution in [0.1, 0.15) is 33.7 Å². The molecule has 3 aromatic rings. The summed E-state index contributed by atoms with van der Waals surface area (Å²) < 4.78 is 6.67. The molecule has 27 heavy (non-hydrogen) atoms. The third kappa shape index (κ3) is 3.77. The number of hydrogen-bond acceptors (Lipinski definition) is 6. The van der Waals surface area contributed by atoms with Gasteiger partial charge in [0.15, 0.2) is 0 Å². The number of piperidine rings is 1. The number of aryl methyl sites for hydroxylation is 1. The average molecular weight is 385 g/mol. The first-order valence-corrected chi connectivity index (χ1v) is 9.55. The second kappa shape index (κ2) is 7.36. The van der Waals surface area contributed by atoms with Gasteiger partial charge < -0.3 is 14.6 Å². The van der Waals surface area contributed by atoms with Gasteiger partial charge in [0, 0.05) is 43.3 Å². The third-order valence-corrected chi connectivity index (χ3v) is 5.47. The van der Waals surface area contributed by atoms with Gasteiger partial charge in [-0.25, -0.2) is 4.98 Å². The smallest absolute Gasteiger partial charge is 0.270 e. The van der Waals surface area contributed by atoms with Crippen molar-refractivity contribution in [3.63, 3.8) is 0 Å². The molecule has 0 aromatic carbocycles. The van der Waals surface area contributed by atoms with Crippen molar-refractivity contribution in [2.24, 2.45) is 7.05 Å². The van der Waals surface area contributed by atoms with E-state index in [2.05, 4.69) is 15.4 Å². The third-order valence-electron chi connectivity index (χ3n) is 4.57. The monoisotopic (exact) mass is 385 g/mol. The second-order valence-electron chi connectivity index (χ2n) is 6.49. The molecule has 2 amide bonds. The van der Waals surface area contributed by atoms with Crippen molar-refractivity contribution in [1.29, 1.82) is 0 Å². The highest BCUT2D eigenvalue weighted by molar-refractivity contribution is 7.13. The quantitative estimate of drug-likeness (QED) is 0.743. The van der Waals surface area contributed by atoms with Gasteiger partial charge in [-0.3, -0.25) is 14.3 Å². The van der Waals surface area contributed by atoms with Gasteiger partial charge in [-0.1, -0.05) is 0 Å². The predicted molar refractivity (Wildman–Crippen MR) is 99.4 cm³/mol. The molecule has 0 unspecified atom stereocenters. The van der Waals surface area contributed by atoms with Crippen molar-refractivity contribution in [2.45, 2.75) is 18.9 Å². The first kappa shape index (κ1) is 17.5. The molecular weight excluding hydrogens is 366 g/mol. The highest BCUT2D eigenvalue weighted by atomic mass is 32.1. The summed E-state index contributed by atoms with van der Waals surface area (Å²) in [6.45, 7) is 1.21. The Morgan fingerprint density at radius 1 is 1.33 bits per heavy atom. The lowest BCUT2D eigenvalue weighted by molar-refractivity contribution is 0.0697. The van der Waals surface area contributed by atoms with E-state index < -0.39 is 0 Å². The minimum Gasteiger partial charge on any atom is -0.472 e. The maximum Gasteiger partial charge on any atom is 0.270 e. The van der Waals surface area contributed by atoms with E-state index in [1.807, 2.05) is 13.2 Å². The number of nitrogens with one attached hydrogen (secondary N) is 1. The lowest BCUT2D eigenvalue weighted by Crippen LogP contribution is -2.46. The number of amides is 2. The molecule has 0 atom stereocenters. The minimum atomic E-state index is -0.180. The molecule has 0 saturated carbocycles. The van der Waals surface area contributed by atoms with E-state index in [1.165, 1.54) is 23.9 Å². The van der Waals surface area contributed by atoms with Crippen LogP contribution in [0.3, 0.4) is 0 Å². The molecule has 4 heterocycles. The Hall–Kier alpha value is -2.94. The molecule has 0 bridgehead atoms. The van der Waals surface area contributed by atoms with E-state index in [4.69, 9.17) is 4.42 Å². The number of rotatable bonds is 4. The topological polar surface area (TPSA) is 93.3 Å². The van der Waals surface area contributed by atoms with E-state index in [-0.39, 0.29) is 17.9 Å². The fraction of sp³-hybridized carbons (Fsp3) is 0.333. The fourth-order valence-electron chi connectivity index (χ4n) is 3.10. The summed E-state index contributed by atoms with van der Waals surface area (Å²) in [5.41, 5.74) is 1.87. The molecule has 4 rings (SSSR count). The molecule has 1 saturated heterocycles. The number of furan rings is 1. The Balaban J connectivity index is 1.32. The van der Waals surface area contributed by atoms with Crippen LogP contribution in [0.5, 0.6) is 0 Å². The molecule has 0 radical (unpaired) electrons. The van der Waals surface area contributed by atoms with Crippen molar-refractivity contribution in [2.75, 3.05) is 13.1 Å². The summed E-state index contributed by atoms with van der Waals surface area (Å²) in [7, 11) is 1.84. The van der Waals surface area contributed by atoms with Crippen LogP contribution >= 0.6 is 11.3 Å². The zero-order valence-electron chi connectivity index (χ0n) is 14.8. The number of carbonyl (C=O) groups excluding carboxylic acids is 2. The molecule has 1 aliphatic rings. The van der Waals surface area contributed by atoms with Crippen molar-refractivity contribution < 1.29 is 14.0 Å². The number of aromatic nitrogens is 3. The molecule has 0 spiro atoms. The molecule has 1 fully saturated rings. The average Bonchev–Trinajstić information content (AvgIpc) is 3.43. The maximum absolute atomic E-state index is 12.5. The number of nitrogens with zero attached hydrogens (tertiary/aromatic N) is 4. The summed E-state index contributed by atoms with van der Waals surface area (Å²) in [4.78, 5) is 31.0. The summed E-state index contributed by atoms with van der Waals surface area (Å²) >= 11 is 1.42. The Kier molecular flexibility index (Phi) is 4.76. The summed E-state index contributed by atoms with van der Waals surface area (Å²) in [5, 5.41) is 9.68. The van der Waals surface area contributed by atoms with E-state index >= 15 is 0 Å². The van der Waals surface area contributed by atoms with Crippen LogP contribution < -0.4 is 5.32 Å². The van der Waals surface area contributed by atoms with Crippen molar-refractivity contribution in [3.8, 4) is 10.6 Å². The maximum atomic E-state index is 12.5. The summed E-state index contributed by atoms with van der Waals surface area (Å²) in [5.74, 6) is -0.213. The van der Waals surface area contributed by atoms with Gasteiger partial charge in [-0.05, 0) is 18.9 Å². The largest absolute Gasteiger partial charge is 0.472 e. The van der Waals surface area contributed by atoms with Crippen molar-refractivity contribution >= 4 is 23.2 Å². The van der Waals surface area contributed by atoms with Crippen molar-refractivity contribution in [1.82, 2.24) is 25.0 Å². The summed E-state index contributed by atoms with van der Waals surface area (Å²) in [6.07, 6.45) is 7.98. The Labute approximate surface area is 159 Å². The van der Waals surface area contributed by atoms with Crippen LogP contribution in [0.25, 0.3) is 10.6 Å². The molecule has 9 heteroatoms. The van der Waals surface area contributed by atoms with Gasteiger partial charge in [0.25, 0.3) is 11.8 Å².